The average Bonchev–Trinajstić information content (AvgIpc) is 2.45. The van der Waals surface area contributed by atoms with Gasteiger partial charge in [-0.15, -0.1) is 10.2 Å². The first kappa shape index (κ1) is 10.3. The maximum absolute atomic E-state index is 10.2. The standard InChI is InChI=1S/C6H9N3O2S2/c7-5-8-9-6(13-5)12-3-1-2-4(10)11/h1-3H2,(H2,7,8)(H,10,11). The van der Waals surface area contributed by atoms with Gasteiger partial charge in [-0.1, -0.05) is 23.1 Å². The zero-order chi connectivity index (χ0) is 9.68. The van der Waals surface area contributed by atoms with Crippen LogP contribution in [0.15, 0.2) is 4.34 Å². The lowest BCUT2D eigenvalue weighted by atomic mass is 10.3. The molecule has 0 spiro atoms. The highest BCUT2D eigenvalue weighted by atomic mass is 32.2. The van der Waals surface area contributed by atoms with Crippen molar-refractivity contribution in [1.82, 2.24) is 10.2 Å². The van der Waals surface area contributed by atoms with Gasteiger partial charge in [0.2, 0.25) is 5.13 Å². The molecular formula is C6H9N3O2S2. The van der Waals surface area contributed by atoms with E-state index in [4.69, 9.17) is 10.8 Å². The summed E-state index contributed by atoms with van der Waals surface area (Å²) < 4.78 is 0.794. The molecule has 5 nitrogen and oxygen atoms in total. The van der Waals surface area contributed by atoms with E-state index in [0.29, 0.717) is 11.6 Å². The molecule has 72 valence electrons. The second-order valence-corrected chi connectivity index (χ2v) is 4.60. The summed E-state index contributed by atoms with van der Waals surface area (Å²) in [7, 11) is 0. The number of carbonyl (C=O) groups is 1. The van der Waals surface area contributed by atoms with E-state index < -0.39 is 5.97 Å². The first-order valence-corrected chi connectivity index (χ1v) is 5.42. The van der Waals surface area contributed by atoms with Crippen LogP contribution in [0.25, 0.3) is 0 Å². The second-order valence-electron chi connectivity index (χ2n) is 2.25. The van der Waals surface area contributed by atoms with Gasteiger partial charge in [-0.3, -0.25) is 4.79 Å². The number of nitrogens with zero attached hydrogens (tertiary/aromatic N) is 2. The zero-order valence-corrected chi connectivity index (χ0v) is 8.40. The Balaban J connectivity index is 2.16. The summed E-state index contributed by atoms with van der Waals surface area (Å²) in [4.78, 5) is 10.2. The van der Waals surface area contributed by atoms with Crippen molar-refractivity contribution in [2.75, 3.05) is 11.5 Å². The van der Waals surface area contributed by atoms with E-state index >= 15 is 0 Å². The molecule has 1 heterocycles. The number of carboxylic acid groups (broad SMARTS) is 1. The summed E-state index contributed by atoms with van der Waals surface area (Å²) in [5.74, 6) is -0.0293. The van der Waals surface area contributed by atoms with Crippen molar-refractivity contribution in [3.8, 4) is 0 Å². The smallest absolute Gasteiger partial charge is 0.303 e. The fourth-order valence-electron chi connectivity index (χ4n) is 0.662. The number of nitrogen functional groups attached to an aromatic ring is 1. The molecule has 13 heavy (non-hydrogen) atoms. The summed E-state index contributed by atoms with van der Waals surface area (Å²) in [6.07, 6.45) is 0.834. The highest BCUT2D eigenvalue weighted by molar-refractivity contribution is 8.01. The van der Waals surface area contributed by atoms with Crippen LogP contribution in [-0.4, -0.2) is 27.0 Å². The number of thioether (sulfide) groups is 1. The number of aliphatic carboxylic acids is 1. The van der Waals surface area contributed by atoms with E-state index in [1.165, 1.54) is 23.1 Å². The predicted octanol–water partition coefficient (Wildman–Crippen LogP) is 1.08. The van der Waals surface area contributed by atoms with E-state index in [0.717, 1.165) is 10.1 Å². The minimum atomic E-state index is -0.766. The largest absolute Gasteiger partial charge is 0.481 e. The van der Waals surface area contributed by atoms with E-state index in [-0.39, 0.29) is 6.42 Å². The van der Waals surface area contributed by atoms with Gasteiger partial charge in [0.15, 0.2) is 4.34 Å². The highest BCUT2D eigenvalue weighted by Gasteiger charge is 2.02. The van der Waals surface area contributed by atoms with Crippen LogP contribution in [0.1, 0.15) is 12.8 Å². The molecular weight excluding hydrogens is 210 g/mol. The van der Waals surface area contributed by atoms with Crippen LogP contribution in [0.5, 0.6) is 0 Å². The molecule has 0 fully saturated rings. The third-order valence-corrected chi connectivity index (χ3v) is 3.15. The molecule has 0 aromatic carbocycles. The fraction of sp³-hybridized carbons (Fsp3) is 0.500. The predicted molar refractivity (Wildman–Crippen MR) is 51.9 cm³/mol. The zero-order valence-electron chi connectivity index (χ0n) is 6.77. The number of hydrogen-bond acceptors (Lipinski definition) is 6. The third-order valence-electron chi connectivity index (χ3n) is 1.18. The Morgan fingerprint density at radius 3 is 2.92 bits per heavy atom. The van der Waals surface area contributed by atoms with Crippen LogP contribution >= 0.6 is 23.1 Å². The number of hydrogen-bond donors (Lipinski definition) is 2. The lowest BCUT2D eigenvalue weighted by Gasteiger charge is -1.93. The van der Waals surface area contributed by atoms with Gasteiger partial charge in [0.25, 0.3) is 0 Å². The Labute approximate surface area is 83.4 Å². The molecule has 7 heteroatoms. The molecule has 0 aliphatic carbocycles. The normalized spacial score (nSPS) is 10.2. The quantitative estimate of drug-likeness (QED) is 0.569. The molecule has 1 rings (SSSR count). The van der Waals surface area contributed by atoms with Crippen molar-refractivity contribution in [3.63, 3.8) is 0 Å². The van der Waals surface area contributed by atoms with Crippen LogP contribution in [-0.2, 0) is 4.79 Å². The van der Waals surface area contributed by atoms with Gasteiger partial charge >= 0.3 is 5.97 Å². The molecule has 1 aromatic heterocycles. The van der Waals surface area contributed by atoms with Crippen molar-refractivity contribution in [3.05, 3.63) is 0 Å². The number of anilines is 1. The number of carboxylic acids is 1. The summed E-state index contributed by atoms with van der Waals surface area (Å²) in [5, 5.41) is 16.2. The molecule has 1 aromatic rings. The molecule has 0 aliphatic rings. The highest BCUT2D eigenvalue weighted by Crippen LogP contribution is 2.24. The topological polar surface area (TPSA) is 89.1 Å². The minimum absolute atomic E-state index is 0.196. The number of nitrogens with two attached hydrogens (primary N) is 1. The van der Waals surface area contributed by atoms with Crippen LogP contribution in [0, 0.1) is 0 Å². The molecule has 0 aliphatic heterocycles. The lowest BCUT2D eigenvalue weighted by Crippen LogP contribution is -1.94. The van der Waals surface area contributed by atoms with Crippen LogP contribution in [0.3, 0.4) is 0 Å². The Kier molecular flexibility index (Phi) is 3.97. The summed E-state index contributed by atoms with van der Waals surface area (Å²) >= 11 is 2.80. The second kappa shape index (κ2) is 5.03. The molecule has 3 N–H and O–H groups in total. The maximum atomic E-state index is 10.2. The van der Waals surface area contributed by atoms with Crippen molar-refractivity contribution in [2.45, 2.75) is 17.2 Å². The van der Waals surface area contributed by atoms with Crippen molar-refractivity contribution < 1.29 is 9.90 Å². The van der Waals surface area contributed by atoms with Crippen LogP contribution < -0.4 is 5.73 Å². The first-order valence-electron chi connectivity index (χ1n) is 3.62. The molecule has 0 atom stereocenters. The van der Waals surface area contributed by atoms with Gasteiger partial charge < -0.3 is 10.8 Å². The van der Waals surface area contributed by atoms with E-state index in [9.17, 15) is 4.79 Å². The van der Waals surface area contributed by atoms with Gasteiger partial charge in [-0.2, -0.15) is 0 Å². The fourth-order valence-corrected chi connectivity index (χ4v) is 2.31. The first-order chi connectivity index (χ1) is 6.18. The Morgan fingerprint density at radius 1 is 1.62 bits per heavy atom. The van der Waals surface area contributed by atoms with Gasteiger partial charge in [-0.05, 0) is 6.42 Å². The van der Waals surface area contributed by atoms with Gasteiger partial charge in [0.05, 0.1) is 0 Å². The summed E-state index contributed by atoms with van der Waals surface area (Å²) in [6, 6.07) is 0. The molecule has 0 bridgehead atoms. The molecule has 0 saturated carbocycles. The van der Waals surface area contributed by atoms with E-state index in [1.807, 2.05) is 0 Å². The maximum Gasteiger partial charge on any atom is 0.303 e. The minimum Gasteiger partial charge on any atom is -0.481 e. The van der Waals surface area contributed by atoms with E-state index in [1.54, 1.807) is 0 Å². The lowest BCUT2D eigenvalue weighted by molar-refractivity contribution is -0.137. The summed E-state index contributed by atoms with van der Waals surface area (Å²) in [6.45, 7) is 0. The molecule has 0 unspecified atom stereocenters. The van der Waals surface area contributed by atoms with Crippen LogP contribution in [0.4, 0.5) is 5.13 Å². The molecule has 0 amide bonds. The Morgan fingerprint density at radius 2 is 2.38 bits per heavy atom. The third kappa shape index (κ3) is 4.09. The van der Waals surface area contributed by atoms with Gasteiger partial charge in [0.1, 0.15) is 0 Å². The number of aromatic nitrogens is 2. The van der Waals surface area contributed by atoms with Gasteiger partial charge in [-0.25, -0.2) is 0 Å². The molecule has 0 radical (unpaired) electrons. The number of rotatable bonds is 5. The van der Waals surface area contributed by atoms with Gasteiger partial charge in [0, 0.05) is 12.2 Å². The average molecular weight is 219 g/mol. The van der Waals surface area contributed by atoms with Crippen molar-refractivity contribution >= 4 is 34.2 Å². The summed E-state index contributed by atoms with van der Waals surface area (Å²) in [5.41, 5.74) is 5.37. The Hall–Kier alpha value is -0.820. The van der Waals surface area contributed by atoms with E-state index in [2.05, 4.69) is 10.2 Å². The molecule has 0 saturated heterocycles. The van der Waals surface area contributed by atoms with Crippen molar-refractivity contribution in [1.29, 1.82) is 0 Å². The monoisotopic (exact) mass is 219 g/mol. The SMILES string of the molecule is Nc1nnc(SCCCC(=O)O)s1. The Bertz CT molecular complexity index is 289. The van der Waals surface area contributed by atoms with Crippen LogP contribution in [0.2, 0.25) is 0 Å². The van der Waals surface area contributed by atoms with Crippen molar-refractivity contribution in [2.24, 2.45) is 0 Å².